The molecule has 0 aromatic heterocycles. The summed E-state index contributed by atoms with van der Waals surface area (Å²) in [5.74, 6) is -5.37. The summed E-state index contributed by atoms with van der Waals surface area (Å²) < 4.78 is 0. The van der Waals surface area contributed by atoms with Gasteiger partial charge in [0.2, 0.25) is 17.7 Å². The summed E-state index contributed by atoms with van der Waals surface area (Å²) in [6.45, 7) is 0.136. The van der Waals surface area contributed by atoms with Crippen molar-refractivity contribution in [3.05, 3.63) is 0 Å². The number of nitrogens with zero attached hydrogens (tertiary/aromatic N) is 1. The Labute approximate surface area is 166 Å². The van der Waals surface area contributed by atoms with Gasteiger partial charge in [-0.2, -0.15) is 0 Å². The van der Waals surface area contributed by atoms with Crippen molar-refractivity contribution in [2.24, 2.45) is 27.9 Å². The van der Waals surface area contributed by atoms with Crippen LogP contribution in [0.3, 0.4) is 0 Å². The number of aliphatic imine (C=N–C) groups is 1. The number of hydrogen-bond acceptors (Lipinski definition) is 7. The molecule has 0 saturated carbocycles. The summed E-state index contributed by atoms with van der Waals surface area (Å²) >= 11 is 0. The predicted molar refractivity (Wildman–Crippen MR) is 100 cm³/mol. The zero-order chi connectivity index (χ0) is 22.6. The molecule has 0 aliphatic heterocycles. The van der Waals surface area contributed by atoms with E-state index in [4.69, 9.17) is 33.1 Å². The molecule has 12 N–H and O–H groups in total. The normalized spacial score (nSPS) is 13.4. The van der Waals surface area contributed by atoms with Crippen molar-refractivity contribution in [3.63, 3.8) is 0 Å². The maximum absolute atomic E-state index is 12.5. The number of carboxylic acids is 2. The number of nitrogens with one attached hydrogen (secondary N) is 2. The molecule has 29 heavy (non-hydrogen) atoms. The Bertz CT molecular complexity index is 649. The molecule has 0 fully saturated rings. The average molecular weight is 417 g/mol. The molecule has 3 atom stereocenters. The zero-order valence-corrected chi connectivity index (χ0v) is 15.7. The van der Waals surface area contributed by atoms with Gasteiger partial charge in [0.1, 0.15) is 12.1 Å². The van der Waals surface area contributed by atoms with E-state index in [0.29, 0.717) is 0 Å². The second-order valence-corrected chi connectivity index (χ2v) is 6.12. The van der Waals surface area contributed by atoms with E-state index in [-0.39, 0.29) is 31.8 Å². The van der Waals surface area contributed by atoms with Gasteiger partial charge < -0.3 is 43.8 Å². The monoisotopic (exact) mass is 417 g/mol. The first-order valence-corrected chi connectivity index (χ1v) is 8.58. The highest BCUT2D eigenvalue weighted by Gasteiger charge is 2.28. The van der Waals surface area contributed by atoms with Gasteiger partial charge >= 0.3 is 11.9 Å². The molecule has 14 nitrogen and oxygen atoms in total. The molecular formula is C15H27N7O7. The fraction of sp³-hybridized carbons (Fsp3) is 0.600. The molecule has 14 heteroatoms. The average Bonchev–Trinajstić information content (AvgIpc) is 2.59. The Kier molecular flexibility index (Phi) is 11.4. The lowest BCUT2D eigenvalue weighted by Crippen LogP contribution is -2.55. The largest absolute Gasteiger partial charge is 0.481 e. The standard InChI is InChI=1S/C15H27N7O7/c16-7(6-10(17)23)12(26)21-8(2-1-5-20-15(18)19)13(27)22-9(14(28)29)3-4-11(24)25/h7-9H,1-6,16H2,(H2,17,23)(H,21,26)(H,22,27)(H,24,25)(H,28,29)(H4,18,19,20). The van der Waals surface area contributed by atoms with E-state index in [1.807, 2.05) is 0 Å². The number of carbonyl (C=O) groups is 5. The van der Waals surface area contributed by atoms with Gasteiger partial charge in [0, 0.05) is 13.0 Å². The van der Waals surface area contributed by atoms with Crippen molar-refractivity contribution in [1.29, 1.82) is 0 Å². The fourth-order valence-electron chi connectivity index (χ4n) is 2.16. The number of amides is 3. The molecule has 0 rings (SSSR count). The van der Waals surface area contributed by atoms with Crippen LogP contribution in [-0.4, -0.2) is 70.5 Å². The second-order valence-electron chi connectivity index (χ2n) is 6.12. The molecule has 0 saturated heterocycles. The Morgan fingerprint density at radius 1 is 0.897 bits per heavy atom. The summed E-state index contributed by atoms with van der Waals surface area (Å²) in [6.07, 6.45) is -1.03. The van der Waals surface area contributed by atoms with Crippen molar-refractivity contribution < 1.29 is 34.2 Å². The van der Waals surface area contributed by atoms with E-state index in [1.54, 1.807) is 0 Å². The minimum atomic E-state index is -1.48. The fourth-order valence-corrected chi connectivity index (χ4v) is 2.16. The minimum Gasteiger partial charge on any atom is -0.481 e. The predicted octanol–water partition coefficient (Wildman–Crippen LogP) is -3.84. The number of primary amides is 1. The van der Waals surface area contributed by atoms with E-state index in [0.717, 1.165) is 0 Å². The van der Waals surface area contributed by atoms with Crippen molar-refractivity contribution in [1.82, 2.24) is 10.6 Å². The van der Waals surface area contributed by atoms with Gasteiger partial charge in [0.25, 0.3) is 0 Å². The molecule has 0 aliphatic carbocycles. The van der Waals surface area contributed by atoms with Crippen LogP contribution in [0.1, 0.15) is 32.1 Å². The molecule has 3 unspecified atom stereocenters. The van der Waals surface area contributed by atoms with E-state index in [2.05, 4.69) is 15.6 Å². The first kappa shape index (κ1) is 25.6. The van der Waals surface area contributed by atoms with Crippen LogP contribution in [0.15, 0.2) is 4.99 Å². The summed E-state index contributed by atoms with van der Waals surface area (Å²) in [6, 6.07) is -4.00. The topological polar surface area (TPSA) is 266 Å². The van der Waals surface area contributed by atoms with Crippen LogP contribution in [0, 0.1) is 0 Å². The van der Waals surface area contributed by atoms with Gasteiger partial charge in [0.15, 0.2) is 5.96 Å². The van der Waals surface area contributed by atoms with Crippen molar-refractivity contribution >= 4 is 35.6 Å². The molecule has 3 amide bonds. The van der Waals surface area contributed by atoms with Gasteiger partial charge in [-0.3, -0.25) is 24.2 Å². The number of carbonyl (C=O) groups excluding carboxylic acids is 3. The number of nitrogens with two attached hydrogens (primary N) is 4. The number of carboxylic acid groups (broad SMARTS) is 2. The lowest BCUT2D eigenvalue weighted by Gasteiger charge is -2.22. The van der Waals surface area contributed by atoms with Gasteiger partial charge in [-0.25, -0.2) is 4.79 Å². The number of hydrogen-bond donors (Lipinski definition) is 8. The van der Waals surface area contributed by atoms with E-state index < -0.39 is 60.6 Å². The lowest BCUT2D eigenvalue weighted by atomic mass is 10.1. The van der Waals surface area contributed by atoms with E-state index in [9.17, 15) is 24.0 Å². The van der Waals surface area contributed by atoms with Gasteiger partial charge in [0.05, 0.1) is 12.5 Å². The highest BCUT2D eigenvalue weighted by atomic mass is 16.4. The van der Waals surface area contributed by atoms with Crippen LogP contribution in [0.4, 0.5) is 0 Å². The van der Waals surface area contributed by atoms with Crippen LogP contribution in [0.2, 0.25) is 0 Å². The first-order chi connectivity index (χ1) is 13.4. The van der Waals surface area contributed by atoms with Gasteiger partial charge in [-0.1, -0.05) is 0 Å². The van der Waals surface area contributed by atoms with Crippen LogP contribution in [0.25, 0.3) is 0 Å². The Hall–Kier alpha value is -3.42. The third kappa shape index (κ3) is 11.8. The SMILES string of the molecule is NC(=O)CC(N)C(=O)NC(CCCN=C(N)N)C(=O)NC(CCC(=O)O)C(=O)O. The first-order valence-electron chi connectivity index (χ1n) is 8.58. The molecule has 0 aromatic carbocycles. The third-order valence-corrected chi connectivity index (χ3v) is 3.60. The smallest absolute Gasteiger partial charge is 0.326 e. The molecule has 0 bridgehead atoms. The molecule has 0 aromatic rings. The Morgan fingerprint density at radius 2 is 1.48 bits per heavy atom. The molecule has 0 heterocycles. The minimum absolute atomic E-state index is 0.0168. The Balaban J connectivity index is 5.16. The van der Waals surface area contributed by atoms with Crippen LogP contribution in [-0.2, 0) is 24.0 Å². The molecular weight excluding hydrogens is 390 g/mol. The van der Waals surface area contributed by atoms with Crippen LogP contribution >= 0.6 is 0 Å². The van der Waals surface area contributed by atoms with Crippen LogP contribution in [0.5, 0.6) is 0 Å². The van der Waals surface area contributed by atoms with Crippen LogP contribution < -0.4 is 33.6 Å². The molecule has 0 spiro atoms. The summed E-state index contributed by atoms with van der Waals surface area (Å²) in [5, 5.41) is 22.3. The molecule has 0 aliphatic rings. The zero-order valence-electron chi connectivity index (χ0n) is 15.7. The maximum atomic E-state index is 12.5. The number of aliphatic carboxylic acids is 2. The van der Waals surface area contributed by atoms with Crippen molar-refractivity contribution in [2.45, 2.75) is 50.2 Å². The third-order valence-electron chi connectivity index (χ3n) is 3.60. The second kappa shape index (κ2) is 12.9. The van der Waals surface area contributed by atoms with Gasteiger partial charge in [-0.05, 0) is 19.3 Å². The van der Waals surface area contributed by atoms with Gasteiger partial charge in [-0.15, -0.1) is 0 Å². The maximum Gasteiger partial charge on any atom is 0.326 e. The lowest BCUT2D eigenvalue weighted by molar-refractivity contribution is -0.143. The highest BCUT2D eigenvalue weighted by Crippen LogP contribution is 2.04. The summed E-state index contributed by atoms with van der Waals surface area (Å²) in [4.78, 5) is 61.0. The molecule has 164 valence electrons. The number of guanidine groups is 1. The molecule has 0 radical (unpaired) electrons. The number of rotatable bonds is 14. The quantitative estimate of drug-likeness (QED) is 0.0774. The van der Waals surface area contributed by atoms with E-state index in [1.165, 1.54) is 0 Å². The van der Waals surface area contributed by atoms with Crippen molar-refractivity contribution in [2.75, 3.05) is 6.54 Å². The summed E-state index contributed by atoms with van der Waals surface area (Å²) in [5.41, 5.74) is 20.9. The highest BCUT2D eigenvalue weighted by molar-refractivity contribution is 5.93. The Morgan fingerprint density at radius 3 is 1.97 bits per heavy atom. The van der Waals surface area contributed by atoms with Crippen molar-refractivity contribution in [3.8, 4) is 0 Å². The summed E-state index contributed by atoms with van der Waals surface area (Å²) in [7, 11) is 0. The van der Waals surface area contributed by atoms with E-state index >= 15 is 0 Å².